The second-order valence-corrected chi connectivity index (χ2v) is 9.21. The second-order valence-electron chi connectivity index (χ2n) is 9.21. The highest BCUT2D eigenvalue weighted by Crippen LogP contribution is 2.48. The molecule has 1 fully saturated rings. The van der Waals surface area contributed by atoms with Crippen molar-refractivity contribution in [1.29, 1.82) is 0 Å². The number of rotatable bonds is 4. The van der Waals surface area contributed by atoms with E-state index in [1.807, 2.05) is 12.1 Å². The van der Waals surface area contributed by atoms with Crippen LogP contribution in [0, 0.1) is 17.5 Å². The van der Waals surface area contributed by atoms with Gasteiger partial charge in [0.05, 0.1) is 12.8 Å². The predicted molar refractivity (Wildman–Crippen MR) is 128 cm³/mol. The summed E-state index contributed by atoms with van der Waals surface area (Å²) in [6.07, 6.45) is 1.64. The fraction of sp³-hybridized carbons (Fsp3) is 0.296. The SMILES string of the molecule is COc1ccc2c(c1)C1(CCN(Cc3ccc(F)cc3)CC1)CN2C(=O)Nc1ccc(F)cc1F. The van der Waals surface area contributed by atoms with Crippen molar-refractivity contribution in [3.05, 3.63) is 89.2 Å². The van der Waals surface area contributed by atoms with E-state index in [9.17, 15) is 18.0 Å². The number of likely N-dealkylation sites (tertiary alicyclic amines) is 1. The van der Waals surface area contributed by atoms with Crippen LogP contribution < -0.4 is 15.0 Å². The minimum absolute atomic E-state index is 0.0680. The van der Waals surface area contributed by atoms with Gasteiger partial charge < -0.3 is 10.1 Å². The van der Waals surface area contributed by atoms with Gasteiger partial charge in [-0.3, -0.25) is 9.80 Å². The van der Waals surface area contributed by atoms with Crippen LogP contribution in [0.2, 0.25) is 0 Å². The van der Waals surface area contributed by atoms with E-state index < -0.39 is 17.7 Å². The summed E-state index contributed by atoms with van der Waals surface area (Å²) in [6.45, 7) is 2.82. The topological polar surface area (TPSA) is 44.8 Å². The number of nitrogens with zero attached hydrogens (tertiary/aromatic N) is 2. The summed E-state index contributed by atoms with van der Waals surface area (Å²) < 4.78 is 46.2. The van der Waals surface area contributed by atoms with Crippen molar-refractivity contribution in [2.24, 2.45) is 0 Å². The molecule has 0 radical (unpaired) electrons. The smallest absolute Gasteiger partial charge is 0.326 e. The number of hydrogen-bond acceptors (Lipinski definition) is 3. The predicted octanol–water partition coefficient (Wildman–Crippen LogP) is 5.70. The van der Waals surface area contributed by atoms with Crippen molar-refractivity contribution in [2.45, 2.75) is 24.8 Å². The average Bonchev–Trinajstić information content (AvgIpc) is 3.17. The van der Waals surface area contributed by atoms with Gasteiger partial charge in [0, 0.05) is 30.3 Å². The number of ether oxygens (including phenoxy) is 1. The van der Waals surface area contributed by atoms with Gasteiger partial charge in [0.2, 0.25) is 0 Å². The van der Waals surface area contributed by atoms with Crippen LogP contribution in [-0.4, -0.2) is 37.7 Å². The van der Waals surface area contributed by atoms with Gasteiger partial charge in [-0.05, 0) is 79.5 Å². The van der Waals surface area contributed by atoms with E-state index in [0.717, 1.165) is 61.4 Å². The number of halogens is 3. The van der Waals surface area contributed by atoms with E-state index in [-0.39, 0.29) is 16.9 Å². The van der Waals surface area contributed by atoms with E-state index in [1.54, 1.807) is 30.2 Å². The second kappa shape index (κ2) is 9.26. The molecule has 0 atom stereocenters. The van der Waals surface area contributed by atoms with E-state index >= 15 is 0 Å². The Morgan fingerprint density at radius 3 is 2.37 bits per heavy atom. The van der Waals surface area contributed by atoms with Gasteiger partial charge in [-0.15, -0.1) is 0 Å². The van der Waals surface area contributed by atoms with E-state index in [1.165, 1.54) is 18.2 Å². The molecule has 1 saturated heterocycles. The van der Waals surface area contributed by atoms with Crippen LogP contribution in [0.5, 0.6) is 5.75 Å². The van der Waals surface area contributed by atoms with Crippen molar-refractivity contribution in [1.82, 2.24) is 4.90 Å². The van der Waals surface area contributed by atoms with Crippen molar-refractivity contribution < 1.29 is 22.7 Å². The van der Waals surface area contributed by atoms with Crippen molar-refractivity contribution in [2.75, 3.05) is 37.0 Å². The zero-order chi connectivity index (χ0) is 24.6. The van der Waals surface area contributed by atoms with Crippen LogP contribution in [0.1, 0.15) is 24.0 Å². The number of amides is 2. The number of piperidine rings is 1. The number of carbonyl (C=O) groups excluding carboxylic acids is 1. The van der Waals surface area contributed by atoms with Gasteiger partial charge in [0.25, 0.3) is 0 Å². The lowest BCUT2D eigenvalue weighted by Gasteiger charge is -2.40. The third-order valence-electron chi connectivity index (χ3n) is 7.08. The number of fused-ring (bicyclic) bond motifs is 2. The van der Waals surface area contributed by atoms with Crippen LogP contribution in [0.25, 0.3) is 0 Å². The molecule has 2 aliphatic rings. The number of methoxy groups -OCH3 is 1. The molecule has 0 unspecified atom stereocenters. The van der Waals surface area contributed by atoms with Crippen LogP contribution in [0.15, 0.2) is 60.7 Å². The molecule has 0 bridgehead atoms. The zero-order valence-electron chi connectivity index (χ0n) is 19.4. The Balaban J connectivity index is 1.36. The molecule has 0 saturated carbocycles. The van der Waals surface area contributed by atoms with Gasteiger partial charge in [-0.1, -0.05) is 12.1 Å². The summed E-state index contributed by atoms with van der Waals surface area (Å²) in [7, 11) is 1.61. The molecule has 3 aromatic rings. The first-order valence-electron chi connectivity index (χ1n) is 11.6. The fourth-order valence-electron chi connectivity index (χ4n) is 5.14. The fourth-order valence-corrected chi connectivity index (χ4v) is 5.14. The zero-order valence-corrected chi connectivity index (χ0v) is 19.4. The van der Waals surface area contributed by atoms with Gasteiger partial charge in [0.15, 0.2) is 0 Å². The van der Waals surface area contributed by atoms with E-state index in [0.29, 0.717) is 12.3 Å². The highest BCUT2D eigenvalue weighted by atomic mass is 19.1. The third-order valence-corrected chi connectivity index (χ3v) is 7.08. The van der Waals surface area contributed by atoms with Crippen LogP contribution >= 0.6 is 0 Å². The summed E-state index contributed by atoms with van der Waals surface area (Å²) in [5.74, 6) is -1.06. The van der Waals surface area contributed by atoms with Crippen molar-refractivity contribution >= 4 is 17.4 Å². The van der Waals surface area contributed by atoms with Gasteiger partial charge in [-0.2, -0.15) is 0 Å². The molecule has 3 aromatic carbocycles. The Morgan fingerprint density at radius 2 is 1.69 bits per heavy atom. The molecule has 0 aromatic heterocycles. The highest BCUT2D eigenvalue weighted by molar-refractivity contribution is 6.03. The summed E-state index contributed by atoms with van der Waals surface area (Å²) in [6, 6.07) is 14.8. The van der Waals surface area contributed by atoms with Crippen molar-refractivity contribution in [3.8, 4) is 5.75 Å². The standard InChI is InChI=1S/C27H26F3N3O2/c1-35-21-7-9-25-22(15-21)27(10-12-32(13-11-27)16-18-2-4-19(28)5-3-18)17-33(25)26(34)31-24-8-6-20(29)14-23(24)30/h2-9,14-15H,10-13,16-17H2,1H3,(H,31,34). The van der Waals surface area contributed by atoms with Gasteiger partial charge in [-0.25, -0.2) is 18.0 Å². The number of benzene rings is 3. The molecule has 5 nitrogen and oxygen atoms in total. The van der Waals surface area contributed by atoms with Crippen molar-refractivity contribution in [3.63, 3.8) is 0 Å². The van der Waals surface area contributed by atoms with Crippen LogP contribution in [0.4, 0.5) is 29.3 Å². The maximum Gasteiger partial charge on any atom is 0.326 e. The Hall–Kier alpha value is -3.52. The minimum Gasteiger partial charge on any atom is -0.497 e. The normalized spacial score (nSPS) is 16.9. The largest absolute Gasteiger partial charge is 0.497 e. The molecule has 2 heterocycles. The van der Waals surface area contributed by atoms with Crippen LogP contribution in [0.3, 0.4) is 0 Å². The molecule has 1 N–H and O–H groups in total. The minimum atomic E-state index is -0.823. The Kier molecular flexibility index (Phi) is 6.15. The summed E-state index contributed by atoms with van der Waals surface area (Å²) in [5.41, 5.74) is 2.52. The monoisotopic (exact) mass is 481 g/mol. The van der Waals surface area contributed by atoms with Gasteiger partial charge in [0.1, 0.15) is 23.2 Å². The highest BCUT2D eigenvalue weighted by Gasteiger charge is 2.46. The quantitative estimate of drug-likeness (QED) is 0.520. The van der Waals surface area contributed by atoms with E-state index in [2.05, 4.69) is 10.2 Å². The lowest BCUT2D eigenvalue weighted by atomic mass is 9.74. The Bertz CT molecular complexity index is 1240. The number of hydrogen-bond donors (Lipinski definition) is 1. The van der Waals surface area contributed by atoms with Crippen LogP contribution in [-0.2, 0) is 12.0 Å². The number of urea groups is 1. The Labute approximate surface area is 202 Å². The molecular formula is C27H26F3N3O2. The molecule has 1 spiro atoms. The molecule has 2 aliphatic heterocycles. The average molecular weight is 482 g/mol. The van der Waals surface area contributed by atoms with E-state index in [4.69, 9.17) is 4.74 Å². The Morgan fingerprint density at radius 1 is 0.971 bits per heavy atom. The lowest BCUT2D eigenvalue weighted by Crippen LogP contribution is -2.46. The summed E-state index contributed by atoms with van der Waals surface area (Å²) in [4.78, 5) is 17.2. The number of carbonyl (C=O) groups is 1. The molecule has 0 aliphatic carbocycles. The third kappa shape index (κ3) is 4.58. The molecule has 2 amide bonds. The summed E-state index contributed by atoms with van der Waals surface area (Å²) in [5, 5.41) is 2.59. The number of nitrogens with one attached hydrogen (secondary N) is 1. The number of anilines is 2. The first kappa shape index (κ1) is 23.2. The summed E-state index contributed by atoms with van der Waals surface area (Å²) >= 11 is 0. The molecule has 35 heavy (non-hydrogen) atoms. The maximum absolute atomic E-state index is 14.2. The first-order chi connectivity index (χ1) is 16.9. The molecule has 182 valence electrons. The molecular weight excluding hydrogens is 455 g/mol. The maximum atomic E-state index is 14.2. The molecule has 8 heteroatoms. The molecule has 5 rings (SSSR count). The lowest BCUT2D eigenvalue weighted by molar-refractivity contribution is 0.160. The van der Waals surface area contributed by atoms with Gasteiger partial charge >= 0.3 is 6.03 Å². The first-order valence-corrected chi connectivity index (χ1v) is 11.6.